The summed E-state index contributed by atoms with van der Waals surface area (Å²) in [5, 5.41) is 4.19. The van der Waals surface area contributed by atoms with Crippen LogP contribution in [0, 0.1) is 0 Å². The molecule has 0 spiro atoms. The minimum Gasteiger partial charge on any atom is -0.326 e. The van der Waals surface area contributed by atoms with Crippen LogP contribution in [0.3, 0.4) is 0 Å². The van der Waals surface area contributed by atoms with E-state index >= 15 is 0 Å². The van der Waals surface area contributed by atoms with Crippen molar-refractivity contribution in [3.05, 3.63) is 76.9 Å². The molecular formula is C20H13N3S3. The van der Waals surface area contributed by atoms with Crippen molar-refractivity contribution in [1.82, 2.24) is 9.97 Å². The molecule has 126 valence electrons. The number of rotatable bonds is 3. The van der Waals surface area contributed by atoms with Crippen LogP contribution in [0.1, 0.15) is 11.3 Å². The summed E-state index contributed by atoms with van der Waals surface area (Å²) in [6.07, 6.45) is 3.59. The smallest absolute Gasteiger partial charge is 0.116 e. The number of pyridine rings is 2. The second kappa shape index (κ2) is 6.39. The lowest BCUT2D eigenvalue weighted by atomic mass is 10.0. The molecule has 4 aromatic heterocycles. The average Bonchev–Trinajstić information content (AvgIpc) is 3.43. The van der Waals surface area contributed by atoms with Crippen molar-refractivity contribution in [2.45, 2.75) is 6.54 Å². The third-order valence-electron chi connectivity index (χ3n) is 4.40. The Kier molecular flexibility index (Phi) is 3.89. The molecule has 0 saturated heterocycles. The second-order valence-corrected chi connectivity index (χ2v) is 8.21. The fourth-order valence-corrected chi connectivity index (χ4v) is 5.05. The van der Waals surface area contributed by atoms with Gasteiger partial charge in [0.15, 0.2) is 0 Å². The summed E-state index contributed by atoms with van der Waals surface area (Å²) in [7, 11) is 0. The van der Waals surface area contributed by atoms with E-state index in [1.807, 2.05) is 12.1 Å². The van der Waals surface area contributed by atoms with E-state index in [0.717, 1.165) is 27.6 Å². The highest BCUT2D eigenvalue weighted by atomic mass is 32.1. The Bertz CT molecular complexity index is 1070. The van der Waals surface area contributed by atoms with Crippen molar-refractivity contribution in [3.63, 3.8) is 0 Å². The Morgan fingerprint density at radius 1 is 0.962 bits per heavy atom. The van der Waals surface area contributed by atoms with E-state index in [9.17, 15) is 0 Å². The van der Waals surface area contributed by atoms with E-state index in [1.54, 1.807) is 35.1 Å². The maximum atomic E-state index is 5.85. The van der Waals surface area contributed by atoms with Crippen molar-refractivity contribution in [2.24, 2.45) is 0 Å². The number of aromatic nitrogens is 2. The van der Waals surface area contributed by atoms with Gasteiger partial charge in [-0.2, -0.15) is 0 Å². The molecule has 1 aliphatic rings. The van der Waals surface area contributed by atoms with Gasteiger partial charge >= 0.3 is 0 Å². The first kappa shape index (κ1) is 15.8. The standard InChI is InChI=1S/C20H13N3S3/c24-20-19-14(17-3-1-9-25-17)11-15(18-4-2-10-26-18)22-16(19)12-23(20)13-5-7-21-8-6-13/h1-11H,12H2. The van der Waals surface area contributed by atoms with E-state index in [2.05, 4.69) is 51.0 Å². The lowest BCUT2D eigenvalue weighted by Gasteiger charge is -2.17. The number of hydrogen-bond acceptors (Lipinski definition) is 5. The van der Waals surface area contributed by atoms with E-state index < -0.39 is 0 Å². The maximum absolute atomic E-state index is 5.85. The summed E-state index contributed by atoms with van der Waals surface area (Å²) in [4.78, 5) is 14.5. The van der Waals surface area contributed by atoms with Crippen LogP contribution < -0.4 is 4.90 Å². The molecule has 0 N–H and O–H groups in total. The fraction of sp³-hybridized carbons (Fsp3) is 0.0500. The van der Waals surface area contributed by atoms with Gasteiger partial charge < -0.3 is 4.90 Å². The molecule has 0 saturated carbocycles. The predicted molar refractivity (Wildman–Crippen MR) is 113 cm³/mol. The molecule has 0 unspecified atom stereocenters. The van der Waals surface area contributed by atoms with Crippen LogP contribution in [0.4, 0.5) is 5.69 Å². The highest BCUT2D eigenvalue weighted by molar-refractivity contribution is 7.81. The molecule has 0 aromatic carbocycles. The Hall–Kier alpha value is -2.41. The molecule has 0 aliphatic carbocycles. The number of anilines is 1. The van der Waals surface area contributed by atoms with Gasteiger partial charge in [-0.15, -0.1) is 22.7 Å². The highest BCUT2D eigenvalue weighted by Crippen LogP contribution is 2.39. The molecule has 26 heavy (non-hydrogen) atoms. The molecule has 4 aromatic rings. The van der Waals surface area contributed by atoms with Gasteiger partial charge in [0.05, 0.1) is 22.8 Å². The summed E-state index contributed by atoms with van der Waals surface area (Å²) < 4.78 is 0. The van der Waals surface area contributed by atoms with Crippen LogP contribution >= 0.6 is 34.9 Å². The largest absolute Gasteiger partial charge is 0.326 e. The summed E-state index contributed by atoms with van der Waals surface area (Å²) in [6.45, 7) is 0.690. The lowest BCUT2D eigenvalue weighted by Crippen LogP contribution is -2.22. The van der Waals surface area contributed by atoms with Crippen molar-refractivity contribution < 1.29 is 0 Å². The second-order valence-electron chi connectivity index (χ2n) is 5.93. The number of hydrogen-bond donors (Lipinski definition) is 0. The van der Waals surface area contributed by atoms with Crippen LogP contribution in [-0.2, 0) is 6.54 Å². The average molecular weight is 392 g/mol. The zero-order valence-electron chi connectivity index (χ0n) is 13.6. The van der Waals surface area contributed by atoms with Gasteiger partial charge in [0.2, 0.25) is 0 Å². The molecular weight excluding hydrogens is 378 g/mol. The SMILES string of the molecule is S=C1c2c(-c3cccs3)cc(-c3cccs3)nc2CN1c1ccncc1. The third kappa shape index (κ3) is 2.58. The molecule has 0 radical (unpaired) electrons. The monoisotopic (exact) mass is 391 g/mol. The predicted octanol–water partition coefficient (Wildman–Crippen LogP) is 5.63. The third-order valence-corrected chi connectivity index (χ3v) is 6.62. The number of fused-ring (bicyclic) bond motifs is 1. The van der Waals surface area contributed by atoms with E-state index in [1.165, 1.54) is 15.3 Å². The van der Waals surface area contributed by atoms with Crippen LogP contribution in [0.5, 0.6) is 0 Å². The Labute approximate surface area is 164 Å². The van der Waals surface area contributed by atoms with Crippen LogP contribution in [0.25, 0.3) is 21.0 Å². The molecule has 0 bridgehead atoms. The van der Waals surface area contributed by atoms with Crippen LogP contribution in [0.15, 0.2) is 65.6 Å². The zero-order chi connectivity index (χ0) is 17.5. The summed E-state index contributed by atoms with van der Waals surface area (Å²) in [5.41, 5.74) is 5.37. The molecule has 5 rings (SSSR count). The molecule has 3 nitrogen and oxygen atoms in total. The summed E-state index contributed by atoms with van der Waals surface area (Å²) >= 11 is 9.30. The van der Waals surface area contributed by atoms with Gasteiger partial charge in [-0.1, -0.05) is 24.4 Å². The molecule has 6 heteroatoms. The molecule has 1 aliphatic heterocycles. The Balaban J connectivity index is 1.69. The Morgan fingerprint density at radius 2 is 1.69 bits per heavy atom. The van der Waals surface area contributed by atoms with Crippen molar-refractivity contribution >= 4 is 45.6 Å². The normalized spacial score (nSPS) is 13.2. The van der Waals surface area contributed by atoms with Crippen LogP contribution in [0.2, 0.25) is 0 Å². The van der Waals surface area contributed by atoms with E-state index in [4.69, 9.17) is 17.2 Å². The Morgan fingerprint density at radius 3 is 2.38 bits per heavy atom. The molecule has 5 heterocycles. The molecule has 0 atom stereocenters. The van der Waals surface area contributed by atoms with E-state index in [0.29, 0.717) is 6.54 Å². The van der Waals surface area contributed by atoms with Gasteiger partial charge in [0, 0.05) is 34.1 Å². The molecule has 0 amide bonds. The minimum absolute atomic E-state index is 0.690. The summed E-state index contributed by atoms with van der Waals surface area (Å²) in [6, 6.07) is 14.6. The minimum atomic E-state index is 0.690. The van der Waals surface area contributed by atoms with E-state index in [-0.39, 0.29) is 0 Å². The zero-order valence-corrected chi connectivity index (χ0v) is 16.1. The number of thiocarbonyl (C=S) groups is 1. The number of thiophene rings is 2. The van der Waals surface area contributed by atoms with Crippen molar-refractivity contribution in [1.29, 1.82) is 0 Å². The highest BCUT2D eigenvalue weighted by Gasteiger charge is 2.30. The fourth-order valence-electron chi connectivity index (χ4n) is 3.22. The van der Waals surface area contributed by atoms with Crippen LogP contribution in [-0.4, -0.2) is 15.0 Å². The van der Waals surface area contributed by atoms with Crippen molar-refractivity contribution in [2.75, 3.05) is 4.90 Å². The van der Waals surface area contributed by atoms with Gasteiger partial charge in [0.25, 0.3) is 0 Å². The first-order valence-electron chi connectivity index (χ1n) is 8.15. The summed E-state index contributed by atoms with van der Waals surface area (Å²) in [5.74, 6) is 0. The number of nitrogens with zero attached hydrogens (tertiary/aromatic N) is 3. The van der Waals surface area contributed by atoms with Gasteiger partial charge in [0.1, 0.15) is 4.99 Å². The molecule has 0 fully saturated rings. The van der Waals surface area contributed by atoms with Gasteiger partial charge in [-0.05, 0) is 41.1 Å². The quantitative estimate of drug-likeness (QED) is 0.423. The topological polar surface area (TPSA) is 29.0 Å². The van der Waals surface area contributed by atoms with Crippen molar-refractivity contribution in [3.8, 4) is 21.0 Å². The first-order valence-corrected chi connectivity index (χ1v) is 10.3. The van der Waals surface area contributed by atoms with Gasteiger partial charge in [-0.3, -0.25) is 4.98 Å². The maximum Gasteiger partial charge on any atom is 0.116 e. The first-order chi connectivity index (χ1) is 12.8. The van der Waals surface area contributed by atoms with Gasteiger partial charge in [-0.25, -0.2) is 4.98 Å². The lowest BCUT2D eigenvalue weighted by molar-refractivity contribution is 0.999.